The van der Waals surface area contributed by atoms with Gasteiger partial charge in [-0.05, 0) is 67.3 Å². The number of nitrogens with zero attached hydrogens (tertiary/aromatic N) is 1. The maximum Gasteiger partial charge on any atom is 0.262 e. The van der Waals surface area contributed by atoms with Gasteiger partial charge < -0.3 is 9.47 Å². The summed E-state index contributed by atoms with van der Waals surface area (Å²) in [7, 11) is -2.35. The Morgan fingerprint density at radius 2 is 1.60 bits per heavy atom. The summed E-state index contributed by atoms with van der Waals surface area (Å²) < 4.78 is 38.6. The van der Waals surface area contributed by atoms with Crippen molar-refractivity contribution in [2.75, 3.05) is 13.7 Å². The van der Waals surface area contributed by atoms with Crippen LogP contribution in [0.25, 0.3) is 0 Å². The fourth-order valence-electron chi connectivity index (χ4n) is 3.63. The molecule has 2 aromatic carbocycles. The monoisotopic (exact) mass is 434 g/mol. The van der Waals surface area contributed by atoms with Gasteiger partial charge in [-0.15, -0.1) is 0 Å². The standard InChI is InChI=1S/C21H26N2O6S/c1-15-5-3-4-14-23(20(15)21(24)22-25)30(26,27)19-12-10-18(11-13-19)29-17-8-6-16(28-2)7-9-17/h6-13,15,20,25H,3-5,14H2,1-2H3,(H,22,24)/t15?,20-/m0/s1. The highest BCUT2D eigenvalue weighted by Gasteiger charge is 2.40. The number of carbonyl (C=O) groups excluding carboxylic acids is 1. The Labute approximate surface area is 176 Å². The van der Waals surface area contributed by atoms with Crippen molar-refractivity contribution in [1.29, 1.82) is 0 Å². The normalized spacial score (nSPS) is 20.2. The second-order valence-electron chi connectivity index (χ2n) is 7.26. The van der Waals surface area contributed by atoms with Crippen molar-refractivity contribution in [3.63, 3.8) is 0 Å². The quantitative estimate of drug-likeness (QED) is 0.534. The van der Waals surface area contributed by atoms with E-state index in [1.165, 1.54) is 16.4 Å². The van der Waals surface area contributed by atoms with Crippen molar-refractivity contribution in [2.45, 2.75) is 37.1 Å². The molecule has 1 amide bonds. The Morgan fingerprint density at radius 3 is 2.17 bits per heavy atom. The van der Waals surface area contributed by atoms with Gasteiger partial charge >= 0.3 is 0 Å². The summed E-state index contributed by atoms with van der Waals surface area (Å²) in [6.07, 6.45) is 2.17. The molecule has 0 aliphatic carbocycles. The molecule has 0 aromatic heterocycles. The smallest absolute Gasteiger partial charge is 0.262 e. The molecular weight excluding hydrogens is 408 g/mol. The number of sulfonamides is 1. The zero-order chi connectivity index (χ0) is 21.7. The predicted octanol–water partition coefficient (Wildman–Crippen LogP) is 3.17. The summed E-state index contributed by atoms with van der Waals surface area (Å²) >= 11 is 0. The third-order valence-electron chi connectivity index (χ3n) is 5.24. The molecular formula is C21H26N2O6S. The summed E-state index contributed by atoms with van der Waals surface area (Å²) in [5.41, 5.74) is 1.62. The summed E-state index contributed by atoms with van der Waals surface area (Å²) in [5.74, 6) is 0.844. The van der Waals surface area contributed by atoms with Gasteiger partial charge in [0.05, 0.1) is 12.0 Å². The molecule has 0 radical (unpaired) electrons. The van der Waals surface area contributed by atoms with Crippen molar-refractivity contribution < 1.29 is 27.9 Å². The first-order valence-electron chi connectivity index (χ1n) is 9.74. The molecule has 30 heavy (non-hydrogen) atoms. The maximum absolute atomic E-state index is 13.3. The molecule has 0 spiro atoms. The lowest BCUT2D eigenvalue weighted by Crippen LogP contribution is -2.51. The minimum atomic E-state index is -3.93. The largest absolute Gasteiger partial charge is 0.497 e. The van der Waals surface area contributed by atoms with Gasteiger partial charge in [-0.25, -0.2) is 13.9 Å². The first-order valence-corrected chi connectivity index (χ1v) is 11.2. The summed E-state index contributed by atoms with van der Waals surface area (Å²) in [6, 6.07) is 12.1. The van der Waals surface area contributed by atoms with Gasteiger partial charge in [0.1, 0.15) is 23.3 Å². The van der Waals surface area contributed by atoms with E-state index in [2.05, 4.69) is 0 Å². The molecule has 1 heterocycles. The molecule has 2 atom stereocenters. The molecule has 3 rings (SSSR count). The van der Waals surface area contributed by atoms with Gasteiger partial charge in [0.25, 0.3) is 5.91 Å². The van der Waals surface area contributed by atoms with Gasteiger partial charge in [0, 0.05) is 6.54 Å². The highest BCUT2D eigenvalue weighted by atomic mass is 32.2. The molecule has 2 aromatic rings. The number of amides is 1. The summed E-state index contributed by atoms with van der Waals surface area (Å²) in [5, 5.41) is 9.11. The highest BCUT2D eigenvalue weighted by Crippen LogP contribution is 2.30. The first-order chi connectivity index (χ1) is 14.4. The third-order valence-corrected chi connectivity index (χ3v) is 7.14. The second kappa shape index (κ2) is 9.46. The Balaban J connectivity index is 1.83. The van der Waals surface area contributed by atoms with Crippen LogP contribution in [0.4, 0.5) is 0 Å². The maximum atomic E-state index is 13.3. The Bertz CT molecular complexity index is 960. The zero-order valence-corrected chi connectivity index (χ0v) is 17.8. The fraction of sp³-hybridized carbons (Fsp3) is 0.381. The van der Waals surface area contributed by atoms with E-state index in [4.69, 9.17) is 14.7 Å². The van der Waals surface area contributed by atoms with Crippen LogP contribution in [0, 0.1) is 5.92 Å². The predicted molar refractivity (Wildman–Crippen MR) is 110 cm³/mol. The third kappa shape index (κ3) is 4.75. The molecule has 1 saturated heterocycles. The number of ether oxygens (including phenoxy) is 2. The van der Waals surface area contributed by atoms with E-state index in [0.29, 0.717) is 30.1 Å². The van der Waals surface area contributed by atoms with Gasteiger partial charge in [-0.3, -0.25) is 10.0 Å². The van der Waals surface area contributed by atoms with Crippen molar-refractivity contribution in [1.82, 2.24) is 9.79 Å². The number of methoxy groups -OCH3 is 1. The molecule has 1 aliphatic heterocycles. The lowest BCUT2D eigenvalue weighted by molar-refractivity contribution is -0.134. The lowest BCUT2D eigenvalue weighted by Gasteiger charge is -2.30. The van der Waals surface area contributed by atoms with Gasteiger partial charge in [0.2, 0.25) is 10.0 Å². The molecule has 1 aliphatic rings. The molecule has 0 bridgehead atoms. The van der Waals surface area contributed by atoms with E-state index in [1.807, 2.05) is 6.92 Å². The van der Waals surface area contributed by atoms with Crippen LogP contribution in [0.2, 0.25) is 0 Å². The molecule has 0 saturated carbocycles. The van der Waals surface area contributed by atoms with Crippen LogP contribution in [0.5, 0.6) is 17.2 Å². The number of hydrogen-bond donors (Lipinski definition) is 2. The Hall–Kier alpha value is -2.62. The van der Waals surface area contributed by atoms with Crippen LogP contribution in [0.15, 0.2) is 53.4 Å². The van der Waals surface area contributed by atoms with Crippen LogP contribution in [0.3, 0.4) is 0 Å². The molecule has 8 nitrogen and oxygen atoms in total. The number of nitrogens with one attached hydrogen (secondary N) is 1. The number of rotatable bonds is 6. The van der Waals surface area contributed by atoms with E-state index in [1.54, 1.807) is 49.0 Å². The summed E-state index contributed by atoms with van der Waals surface area (Å²) in [6.45, 7) is 2.04. The number of hydroxylamine groups is 1. The minimum Gasteiger partial charge on any atom is -0.497 e. The van der Waals surface area contributed by atoms with E-state index < -0.39 is 22.0 Å². The average Bonchev–Trinajstić information content (AvgIpc) is 2.96. The topological polar surface area (TPSA) is 105 Å². The average molecular weight is 435 g/mol. The van der Waals surface area contributed by atoms with Crippen LogP contribution in [-0.4, -0.2) is 43.5 Å². The fourth-order valence-corrected chi connectivity index (χ4v) is 5.36. The molecule has 162 valence electrons. The minimum absolute atomic E-state index is 0.0643. The number of carbonyl (C=O) groups is 1. The summed E-state index contributed by atoms with van der Waals surface area (Å²) in [4.78, 5) is 12.3. The highest BCUT2D eigenvalue weighted by molar-refractivity contribution is 7.89. The van der Waals surface area contributed by atoms with Crippen molar-refractivity contribution in [3.05, 3.63) is 48.5 Å². The molecule has 9 heteroatoms. The SMILES string of the molecule is COc1ccc(Oc2ccc(S(=O)(=O)N3CCCCC(C)[C@H]3C(=O)NO)cc2)cc1. The van der Waals surface area contributed by atoms with Crippen molar-refractivity contribution in [3.8, 4) is 17.2 Å². The molecule has 1 unspecified atom stereocenters. The van der Waals surface area contributed by atoms with E-state index in [9.17, 15) is 13.2 Å². The Morgan fingerprint density at radius 1 is 1.03 bits per heavy atom. The van der Waals surface area contributed by atoms with Gasteiger partial charge in [-0.2, -0.15) is 4.31 Å². The lowest BCUT2D eigenvalue weighted by atomic mass is 9.97. The number of benzene rings is 2. The molecule has 1 fully saturated rings. The van der Waals surface area contributed by atoms with Crippen LogP contribution in [-0.2, 0) is 14.8 Å². The van der Waals surface area contributed by atoms with Crippen LogP contribution < -0.4 is 15.0 Å². The van der Waals surface area contributed by atoms with Crippen molar-refractivity contribution >= 4 is 15.9 Å². The van der Waals surface area contributed by atoms with Crippen LogP contribution in [0.1, 0.15) is 26.2 Å². The van der Waals surface area contributed by atoms with Gasteiger partial charge in [0.15, 0.2) is 0 Å². The number of hydrogen-bond acceptors (Lipinski definition) is 6. The van der Waals surface area contributed by atoms with Crippen LogP contribution >= 0.6 is 0 Å². The first kappa shape index (κ1) is 22.1. The van der Waals surface area contributed by atoms with E-state index >= 15 is 0 Å². The molecule has 2 N–H and O–H groups in total. The van der Waals surface area contributed by atoms with Crippen molar-refractivity contribution in [2.24, 2.45) is 5.92 Å². The zero-order valence-electron chi connectivity index (χ0n) is 16.9. The van der Waals surface area contributed by atoms with Gasteiger partial charge in [-0.1, -0.05) is 13.3 Å². The van der Waals surface area contributed by atoms with E-state index in [-0.39, 0.29) is 17.4 Å². The Kier molecular flexibility index (Phi) is 6.96. The second-order valence-corrected chi connectivity index (χ2v) is 9.15. The van der Waals surface area contributed by atoms with E-state index in [0.717, 1.165) is 6.42 Å².